The van der Waals surface area contributed by atoms with Crippen molar-refractivity contribution in [2.45, 2.75) is 11.6 Å². The number of ether oxygens (including phenoxy) is 1. The molecule has 0 unspecified atom stereocenters. The highest BCUT2D eigenvalue weighted by Crippen LogP contribution is 2.48. The predicted molar refractivity (Wildman–Crippen MR) is 96.3 cm³/mol. The summed E-state index contributed by atoms with van der Waals surface area (Å²) in [4.78, 5) is 10.6. The lowest BCUT2D eigenvalue weighted by Crippen LogP contribution is -2.43. The molecule has 3 atom stereocenters. The molecule has 2 N–H and O–H groups in total. The average Bonchev–Trinajstić information content (AvgIpc) is 3.01. The van der Waals surface area contributed by atoms with Crippen LogP contribution in [-0.2, 0) is 10.3 Å². The highest BCUT2D eigenvalue weighted by molar-refractivity contribution is 8.13. The number of hydrogen-bond acceptors (Lipinski definition) is 6. The zero-order chi connectivity index (χ0) is 17.4. The molecule has 4 rings (SSSR count). The van der Waals surface area contributed by atoms with Crippen LogP contribution in [-0.4, -0.2) is 43.2 Å². The van der Waals surface area contributed by atoms with Crippen LogP contribution in [0.1, 0.15) is 5.56 Å². The van der Waals surface area contributed by atoms with Crippen LogP contribution in [0.15, 0.2) is 40.5 Å². The lowest BCUT2D eigenvalue weighted by atomic mass is 9.78. The SMILES string of the molecule is NC1=N[C@@]2(c3cc(N4C=NC=CC4)ccc3F)CO[C@H](CF)[C@H]2CS1. The van der Waals surface area contributed by atoms with Crippen LogP contribution >= 0.6 is 11.8 Å². The number of benzene rings is 1. The molecule has 1 fully saturated rings. The Bertz CT molecular complexity index is 769. The summed E-state index contributed by atoms with van der Waals surface area (Å²) >= 11 is 1.36. The Kier molecular flexibility index (Phi) is 4.24. The van der Waals surface area contributed by atoms with Gasteiger partial charge in [0.05, 0.1) is 19.0 Å². The Hall–Kier alpha value is -1.93. The number of nitrogens with zero attached hydrogens (tertiary/aromatic N) is 3. The maximum atomic E-state index is 14.8. The number of thioether (sulfide) groups is 1. The quantitative estimate of drug-likeness (QED) is 0.895. The number of anilines is 1. The average molecular weight is 364 g/mol. The first kappa shape index (κ1) is 16.5. The Morgan fingerprint density at radius 1 is 1.44 bits per heavy atom. The van der Waals surface area contributed by atoms with Crippen molar-refractivity contribution in [1.29, 1.82) is 0 Å². The van der Waals surface area contributed by atoms with Gasteiger partial charge in [0.2, 0.25) is 0 Å². The molecular formula is C17H18F2N4OS. The largest absolute Gasteiger partial charge is 0.379 e. The molecule has 1 aromatic rings. The molecule has 0 aliphatic carbocycles. The highest BCUT2D eigenvalue weighted by atomic mass is 32.2. The third kappa shape index (κ3) is 2.73. The monoisotopic (exact) mass is 364 g/mol. The Morgan fingerprint density at radius 3 is 3.08 bits per heavy atom. The zero-order valence-electron chi connectivity index (χ0n) is 13.4. The van der Waals surface area contributed by atoms with Crippen molar-refractivity contribution in [2.75, 3.05) is 30.5 Å². The topological polar surface area (TPSA) is 63.2 Å². The maximum absolute atomic E-state index is 14.8. The van der Waals surface area contributed by atoms with Gasteiger partial charge in [0.25, 0.3) is 0 Å². The first-order chi connectivity index (χ1) is 12.1. The van der Waals surface area contributed by atoms with Crippen molar-refractivity contribution in [3.05, 3.63) is 41.9 Å². The summed E-state index contributed by atoms with van der Waals surface area (Å²) in [5.74, 6) is -0.0825. The minimum Gasteiger partial charge on any atom is -0.379 e. The van der Waals surface area contributed by atoms with Gasteiger partial charge in [0.15, 0.2) is 5.17 Å². The summed E-state index contributed by atoms with van der Waals surface area (Å²) in [5.41, 5.74) is 6.15. The fourth-order valence-electron chi connectivity index (χ4n) is 3.60. The van der Waals surface area contributed by atoms with Crippen LogP contribution in [0.25, 0.3) is 0 Å². The van der Waals surface area contributed by atoms with E-state index in [-0.39, 0.29) is 18.3 Å². The van der Waals surface area contributed by atoms with Gasteiger partial charge in [-0.15, -0.1) is 0 Å². The second-order valence-electron chi connectivity index (χ2n) is 6.26. The lowest BCUT2D eigenvalue weighted by molar-refractivity contribution is 0.0721. The number of aliphatic imine (C=N–C) groups is 2. The van der Waals surface area contributed by atoms with Gasteiger partial charge in [0, 0.05) is 35.7 Å². The van der Waals surface area contributed by atoms with E-state index in [1.807, 2.05) is 11.0 Å². The highest BCUT2D eigenvalue weighted by Gasteiger charge is 2.54. The van der Waals surface area contributed by atoms with Crippen LogP contribution in [0.2, 0.25) is 0 Å². The van der Waals surface area contributed by atoms with Gasteiger partial charge in [-0.1, -0.05) is 11.8 Å². The summed E-state index contributed by atoms with van der Waals surface area (Å²) in [5, 5.41) is 0.381. The summed E-state index contributed by atoms with van der Waals surface area (Å²) < 4.78 is 33.8. The van der Waals surface area contributed by atoms with E-state index in [2.05, 4.69) is 9.98 Å². The van der Waals surface area contributed by atoms with Crippen LogP contribution in [0.3, 0.4) is 0 Å². The van der Waals surface area contributed by atoms with Crippen molar-refractivity contribution in [2.24, 2.45) is 21.6 Å². The molecule has 1 saturated heterocycles. The lowest BCUT2D eigenvalue weighted by Gasteiger charge is -2.36. The Labute approximate surface area is 148 Å². The number of halogens is 2. The van der Waals surface area contributed by atoms with Gasteiger partial charge >= 0.3 is 0 Å². The fraction of sp³-hybridized carbons (Fsp3) is 0.412. The molecule has 132 valence electrons. The summed E-state index contributed by atoms with van der Waals surface area (Å²) in [7, 11) is 0. The predicted octanol–water partition coefficient (Wildman–Crippen LogP) is 2.43. The van der Waals surface area contributed by atoms with Crippen molar-refractivity contribution < 1.29 is 13.5 Å². The third-order valence-electron chi connectivity index (χ3n) is 4.90. The van der Waals surface area contributed by atoms with Crippen LogP contribution < -0.4 is 10.6 Å². The van der Waals surface area contributed by atoms with Gasteiger partial charge in [-0.3, -0.25) is 0 Å². The van der Waals surface area contributed by atoms with Gasteiger partial charge in [0.1, 0.15) is 18.0 Å². The molecule has 25 heavy (non-hydrogen) atoms. The van der Waals surface area contributed by atoms with E-state index >= 15 is 0 Å². The third-order valence-corrected chi connectivity index (χ3v) is 5.81. The van der Waals surface area contributed by atoms with Crippen molar-refractivity contribution in [3.8, 4) is 0 Å². The minimum absolute atomic E-state index is 0.127. The second-order valence-corrected chi connectivity index (χ2v) is 7.30. The van der Waals surface area contributed by atoms with E-state index in [1.54, 1.807) is 24.7 Å². The van der Waals surface area contributed by atoms with E-state index in [4.69, 9.17) is 10.5 Å². The van der Waals surface area contributed by atoms with Gasteiger partial charge in [-0.05, 0) is 24.3 Å². The number of rotatable bonds is 3. The van der Waals surface area contributed by atoms with Crippen LogP contribution in [0.5, 0.6) is 0 Å². The van der Waals surface area contributed by atoms with Crippen molar-refractivity contribution >= 4 is 29.0 Å². The van der Waals surface area contributed by atoms with Gasteiger partial charge in [-0.2, -0.15) is 0 Å². The summed E-state index contributed by atoms with van der Waals surface area (Å²) in [6.45, 7) is 0.158. The number of amidine groups is 1. The molecule has 3 aliphatic rings. The molecule has 0 bridgehead atoms. The molecule has 1 aromatic carbocycles. The summed E-state index contributed by atoms with van der Waals surface area (Å²) in [6.07, 6.45) is 4.73. The maximum Gasteiger partial charge on any atom is 0.154 e. The molecule has 0 spiro atoms. The molecule has 0 radical (unpaired) electrons. The normalized spacial score (nSPS) is 31.1. The molecule has 3 aliphatic heterocycles. The first-order valence-corrected chi connectivity index (χ1v) is 9.03. The van der Waals surface area contributed by atoms with Crippen molar-refractivity contribution in [3.63, 3.8) is 0 Å². The van der Waals surface area contributed by atoms with E-state index in [0.717, 1.165) is 5.69 Å². The van der Waals surface area contributed by atoms with Gasteiger partial charge < -0.3 is 15.4 Å². The molecule has 0 amide bonds. The molecular weight excluding hydrogens is 346 g/mol. The van der Waals surface area contributed by atoms with Crippen LogP contribution in [0, 0.1) is 11.7 Å². The Balaban J connectivity index is 1.80. The number of hydrogen-bond donors (Lipinski definition) is 1. The summed E-state index contributed by atoms with van der Waals surface area (Å²) in [6, 6.07) is 4.87. The number of nitrogens with two attached hydrogens (primary N) is 1. The van der Waals surface area contributed by atoms with E-state index in [1.165, 1.54) is 17.8 Å². The van der Waals surface area contributed by atoms with Crippen molar-refractivity contribution in [1.82, 2.24) is 0 Å². The van der Waals surface area contributed by atoms with E-state index in [0.29, 0.717) is 23.0 Å². The van der Waals surface area contributed by atoms with Crippen LogP contribution in [0.4, 0.5) is 14.5 Å². The molecule has 0 aromatic heterocycles. The standard InChI is InChI=1S/C17H18F2N4OS/c18-7-15-13-8-25-16(20)22-17(13,9-24-15)12-6-11(2-3-14(12)19)23-5-1-4-21-10-23/h1-4,6,10,13,15H,5,7-9H2,(H2,20,22)/t13-,15-,17-/m1/s1. The van der Waals surface area contributed by atoms with E-state index < -0.39 is 18.3 Å². The molecule has 0 saturated carbocycles. The van der Waals surface area contributed by atoms with E-state index in [9.17, 15) is 8.78 Å². The molecule has 3 heterocycles. The fourth-order valence-corrected chi connectivity index (χ4v) is 4.67. The van der Waals surface area contributed by atoms with Gasteiger partial charge in [-0.25, -0.2) is 18.8 Å². The Morgan fingerprint density at radius 2 is 2.32 bits per heavy atom. The zero-order valence-corrected chi connectivity index (χ0v) is 14.3. The smallest absolute Gasteiger partial charge is 0.154 e. The molecule has 8 heteroatoms. The minimum atomic E-state index is -0.977. The molecule has 5 nitrogen and oxygen atoms in total. The second kappa shape index (κ2) is 6.42. The first-order valence-electron chi connectivity index (χ1n) is 8.05. The number of fused-ring (bicyclic) bond motifs is 1. The number of alkyl halides is 1.